The molecule has 2 unspecified atom stereocenters. The summed E-state index contributed by atoms with van der Waals surface area (Å²) in [5, 5.41) is 13.8. The van der Waals surface area contributed by atoms with E-state index in [0.717, 1.165) is 22.3 Å². The van der Waals surface area contributed by atoms with Gasteiger partial charge in [0.15, 0.2) is 12.4 Å². The highest BCUT2D eigenvalue weighted by molar-refractivity contribution is 5.94. The Morgan fingerprint density at radius 1 is 1.03 bits per heavy atom. The summed E-state index contributed by atoms with van der Waals surface area (Å²) in [4.78, 5) is 25.9. The van der Waals surface area contributed by atoms with E-state index in [-0.39, 0.29) is 24.6 Å². The van der Waals surface area contributed by atoms with Gasteiger partial charge in [-0.25, -0.2) is 18.2 Å². The molecule has 3 aromatic heterocycles. The number of aliphatic hydroxyl groups excluding tert-OH is 1. The van der Waals surface area contributed by atoms with Crippen LogP contribution in [0.2, 0.25) is 0 Å². The van der Waals surface area contributed by atoms with Crippen LogP contribution in [0.5, 0.6) is 0 Å². The Labute approximate surface area is 217 Å². The second kappa shape index (κ2) is 10.9. The third-order valence-corrected chi connectivity index (χ3v) is 6.97. The summed E-state index contributed by atoms with van der Waals surface area (Å²) in [6.07, 6.45) is -4.69. The van der Waals surface area contributed by atoms with E-state index in [1.54, 1.807) is 6.20 Å². The van der Waals surface area contributed by atoms with Gasteiger partial charge in [0.25, 0.3) is 12.0 Å². The maximum absolute atomic E-state index is 14.2. The van der Waals surface area contributed by atoms with Crippen molar-refractivity contribution in [1.29, 1.82) is 0 Å². The van der Waals surface area contributed by atoms with Gasteiger partial charge in [0.2, 0.25) is 0 Å². The van der Waals surface area contributed by atoms with Crippen LogP contribution in [0, 0.1) is 6.92 Å². The summed E-state index contributed by atoms with van der Waals surface area (Å²) in [5.41, 5.74) is 3.73. The largest absolute Gasteiger partial charge is 0.383 e. The second-order valence-corrected chi connectivity index (χ2v) is 9.55. The molecule has 0 spiro atoms. The van der Waals surface area contributed by atoms with Crippen molar-refractivity contribution in [2.24, 2.45) is 0 Å². The molecular formula is C28H28F3N5O2. The Hall–Kier alpha value is -3.76. The predicted molar refractivity (Wildman–Crippen MR) is 141 cm³/mol. The molecule has 0 aliphatic carbocycles. The number of aromatic nitrogens is 3. The fourth-order valence-electron chi connectivity index (χ4n) is 4.91. The van der Waals surface area contributed by atoms with Crippen molar-refractivity contribution < 1.29 is 18.3 Å². The van der Waals surface area contributed by atoms with E-state index in [2.05, 4.69) is 15.3 Å². The number of hydrogen-bond donors (Lipinski definition) is 3. The number of aryl methyl sites for hydroxylation is 1. The number of fused-ring (bicyclic) bond motifs is 1. The number of nitrogens with one attached hydrogen (secondary N) is 2. The van der Waals surface area contributed by atoms with Crippen LogP contribution in [0.4, 0.5) is 24.7 Å². The summed E-state index contributed by atoms with van der Waals surface area (Å²) in [5.74, 6) is 0.559. The zero-order valence-corrected chi connectivity index (χ0v) is 20.7. The third kappa shape index (κ3) is 5.41. The van der Waals surface area contributed by atoms with E-state index in [0.29, 0.717) is 35.4 Å². The van der Waals surface area contributed by atoms with Gasteiger partial charge in [-0.15, -0.1) is 0 Å². The van der Waals surface area contributed by atoms with Gasteiger partial charge in [-0.05, 0) is 73.0 Å². The minimum atomic E-state index is -3.11. The van der Waals surface area contributed by atoms with E-state index in [1.165, 1.54) is 4.90 Å². The summed E-state index contributed by atoms with van der Waals surface area (Å²) in [7, 11) is 0. The SMILES string of the molecule is Cc1cccc(-c2cc3cc[nH]c(=O)c3c(Nc3ccc(C4CCN(C(F)C(O)C(F)F)CC4)cc3)n2)n1. The Kier molecular flexibility index (Phi) is 7.44. The maximum Gasteiger partial charge on any atom is 0.268 e. The van der Waals surface area contributed by atoms with Crippen LogP contribution in [0.1, 0.15) is 30.0 Å². The van der Waals surface area contributed by atoms with Crippen LogP contribution < -0.4 is 10.9 Å². The zero-order chi connectivity index (χ0) is 26.8. The van der Waals surface area contributed by atoms with Crippen molar-refractivity contribution >= 4 is 22.3 Å². The number of anilines is 2. The summed E-state index contributed by atoms with van der Waals surface area (Å²) >= 11 is 0. The highest BCUT2D eigenvalue weighted by atomic mass is 19.3. The van der Waals surface area contributed by atoms with Gasteiger partial charge in [0.1, 0.15) is 5.82 Å². The van der Waals surface area contributed by atoms with Gasteiger partial charge in [0.05, 0.1) is 16.8 Å². The number of piperidine rings is 1. The molecule has 0 bridgehead atoms. The highest BCUT2D eigenvalue weighted by Gasteiger charge is 2.34. The van der Waals surface area contributed by atoms with E-state index in [4.69, 9.17) is 4.98 Å². The van der Waals surface area contributed by atoms with Crippen LogP contribution in [-0.2, 0) is 0 Å². The number of pyridine rings is 3. The lowest BCUT2D eigenvalue weighted by molar-refractivity contribution is -0.106. The molecule has 4 heterocycles. The molecule has 10 heteroatoms. The first-order valence-corrected chi connectivity index (χ1v) is 12.5. The molecule has 3 N–H and O–H groups in total. The monoisotopic (exact) mass is 523 g/mol. The van der Waals surface area contributed by atoms with Crippen molar-refractivity contribution in [3.8, 4) is 11.4 Å². The van der Waals surface area contributed by atoms with Crippen molar-refractivity contribution in [2.45, 2.75) is 44.5 Å². The van der Waals surface area contributed by atoms with Gasteiger partial charge in [-0.1, -0.05) is 18.2 Å². The van der Waals surface area contributed by atoms with E-state index in [1.807, 2.05) is 61.5 Å². The number of halogens is 3. The van der Waals surface area contributed by atoms with Crippen LogP contribution >= 0.6 is 0 Å². The van der Waals surface area contributed by atoms with Gasteiger partial charge < -0.3 is 15.4 Å². The van der Waals surface area contributed by atoms with Gasteiger partial charge >= 0.3 is 0 Å². The van der Waals surface area contributed by atoms with Crippen molar-refractivity contribution in [3.05, 3.63) is 82.4 Å². The van der Waals surface area contributed by atoms with Crippen LogP contribution in [0.25, 0.3) is 22.2 Å². The molecule has 5 rings (SSSR count). The third-order valence-electron chi connectivity index (χ3n) is 6.97. The van der Waals surface area contributed by atoms with Gasteiger partial charge in [-0.3, -0.25) is 14.7 Å². The highest BCUT2D eigenvalue weighted by Crippen LogP contribution is 2.32. The molecular weight excluding hydrogens is 495 g/mol. The molecule has 38 heavy (non-hydrogen) atoms. The number of aromatic amines is 1. The second-order valence-electron chi connectivity index (χ2n) is 9.55. The predicted octanol–water partition coefficient (Wildman–Crippen LogP) is 5.14. The lowest BCUT2D eigenvalue weighted by atomic mass is 9.89. The van der Waals surface area contributed by atoms with Crippen molar-refractivity contribution in [3.63, 3.8) is 0 Å². The lowest BCUT2D eigenvalue weighted by Crippen LogP contribution is -2.47. The molecule has 1 aromatic carbocycles. The van der Waals surface area contributed by atoms with Gasteiger partial charge in [0, 0.05) is 30.7 Å². The van der Waals surface area contributed by atoms with E-state index < -0.39 is 18.8 Å². The number of alkyl halides is 3. The molecule has 0 amide bonds. The molecule has 7 nitrogen and oxygen atoms in total. The van der Waals surface area contributed by atoms with Crippen LogP contribution in [0.15, 0.2) is 65.6 Å². The minimum absolute atomic E-state index is 0.147. The zero-order valence-electron chi connectivity index (χ0n) is 20.7. The molecule has 1 aliphatic heterocycles. The molecule has 2 atom stereocenters. The lowest BCUT2D eigenvalue weighted by Gasteiger charge is -2.35. The number of hydrogen-bond acceptors (Lipinski definition) is 6. The average molecular weight is 524 g/mol. The molecule has 0 saturated carbocycles. The first-order chi connectivity index (χ1) is 18.3. The summed E-state index contributed by atoms with van der Waals surface area (Å²) < 4.78 is 39.5. The van der Waals surface area contributed by atoms with Crippen molar-refractivity contribution in [2.75, 3.05) is 18.4 Å². The first kappa shape index (κ1) is 25.9. The topological polar surface area (TPSA) is 94.1 Å². The molecule has 1 aliphatic rings. The summed E-state index contributed by atoms with van der Waals surface area (Å²) in [6, 6.07) is 17.1. The number of benzene rings is 1. The molecule has 4 aromatic rings. The number of aliphatic hydroxyl groups is 1. The Morgan fingerprint density at radius 2 is 1.76 bits per heavy atom. The number of rotatable bonds is 7. The fourth-order valence-corrected chi connectivity index (χ4v) is 4.91. The molecule has 1 fully saturated rings. The van der Waals surface area contributed by atoms with Crippen LogP contribution in [-0.4, -0.2) is 56.9 Å². The minimum Gasteiger partial charge on any atom is -0.383 e. The maximum atomic E-state index is 14.2. The summed E-state index contributed by atoms with van der Waals surface area (Å²) in [6.45, 7) is 2.48. The number of nitrogens with zero attached hydrogens (tertiary/aromatic N) is 3. The van der Waals surface area contributed by atoms with E-state index in [9.17, 15) is 23.1 Å². The number of likely N-dealkylation sites (tertiary alicyclic amines) is 1. The molecule has 0 radical (unpaired) electrons. The standard InChI is InChI=1S/C28H28F3N5O2/c1-16-3-2-4-21(33-16)22-15-19-9-12-32-28(38)23(19)27(35-22)34-20-7-5-17(6-8-20)18-10-13-36(14-11-18)26(31)24(37)25(29)30/h2-9,12,15,18,24-26,37H,10-11,13-14H2,1H3,(H,32,38)(H,34,35). The Balaban J connectivity index is 1.35. The van der Waals surface area contributed by atoms with Gasteiger partial charge in [-0.2, -0.15) is 0 Å². The fraction of sp³-hybridized carbons (Fsp3) is 0.321. The number of H-pyrrole nitrogens is 1. The average Bonchev–Trinajstić information content (AvgIpc) is 2.92. The Bertz CT molecular complexity index is 1470. The van der Waals surface area contributed by atoms with Crippen molar-refractivity contribution in [1.82, 2.24) is 19.9 Å². The molecule has 198 valence electrons. The quantitative estimate of drug-likeness (QED) is 0.291. The molecule has 1 saturated heterocycles. The van der Waals surface area contributed by atoms with Crippen LogP contribution in [0.3, 0.4) is 0 Å². The smallest absolute Gasteiger partial charge is 0.268 e. The van der Waals surface area contributed by atoms with E-state index >= 15 is 0 Å². The normalized spacial score (nSPS) is 16.6. The first-order valence-electron chi connectivity index (χ1n) is 12.5. The Morgan fingerprint density at radius 3 is 2.45 bits per heavy atom.